The van der Waals surface area contributed by atoms with E-state index in [0.717, 1.165) is 25.4 Å². The molecule has 27 heavy (non-hydrogen) atoms. The second-order valence-corrected chi connectivity index (χ2v) is 7.23. The number of benzene rings is 1. The molecule has 4 rings (SSSR count). The van der Waals surface area contributed by atoms with Crippen LogP contribution < -0.4 is 5.56 Å². The molecule has 0 amide bonds. The van der Waals surface area contributed by atoms with E-state index in [1.54, 1.807) is 29.3 Å². The summed E-state index contributed by atoms with van der Waals surface area (Å²) in [4.78, 5) is 18.6. The summed E-state index contributed by atoms with van der Waals surface area (Å²) in [5.41, 5.74) is 1.36. The molecule has 1 saturated heterocycles. The van der Waals surface area contributed by atoms with E-state index in [9.17, 15) is 4.79 Å². The number of hydrogen-bond acceptors (Lipinski definition) is 4. The van der Waals surface area contributed by atoms with Gasteiger partial charge in [-0.2, -0.15) is 0 Å². The summed E-state index contributed by atoms with van der Waals surface area (Å²) in [7, 11) is 0. The molecule has 1 aromatic carbocycles. The Bertz CT molecular complexity index is 896. The lowest BCUT2D eigenvalue weighted by Crippen LogP contribution is -2.39. The Morgan fingerprint density at radius 3 is 2.59 bits per heavy atom. The van der Waals surface area contributed by atoms with E-state index in [1.807, 2.05) is 10.8 Å². The molecule has 0 aliphatic carbocycles. The molecule has 1 fully saturated rings. The molecule has 0 saturated carbocycles. The summed E-state index contributed by atoms with van der Waals surface area (Å²) >= 11 is 0. The molecule has 0 N–H and O–H groups in total. The molecule has 3 heterocycles. The summed E-state index contributed by atoms with van der Waals surface area (Å²) in [5.74, 6) is 1.48. The molecule has 0 atom stereocenters. The summed E-state index contributed by atoms with van der Waals surface area (Å²) in [6.07, 6.45) is 9.99. The van der Waals surface area contributed by atoms with Crippen molar-refractivity contribution in [2.75, 3.05) is 13.1 Å². The monoisotopic (exact) mass is 363 g/mol. The highest BCUT2D eigenvalue weighted by Gasteiger charge is 2.19. The van der Waals surface area contributed by atoms with E-state index in [-0.39, 0.29) is 5.56 Å². The number of hydrogen-bond donors (Lipinski definition) is 0. The van der Waals surface area contributed by atoms with Gasteiger partial charge in [0.15, 0.2) is 5.82 Å². The zero-order chi connectivity index (χ0) is 18.5. The number of nitrogens with zero attached hydrogens (tertiary/aromatic N) is 5. The van der Waals surface area contributed by atoms with E-state index in [0.29, 0.717) is 12.5 Å². The number of piperidine rings is 1. The van der Waals surface area contributed by atoms with Crippen LogP contribution in [0, 0.1) is 5.92 Å². The van der Waals surface area contributed by atoms with E-state index >= 15 is 0 Å². The first-order valence-corrected chi connectivity index (χ1v) is 9.61. The molecule has 0 radical (unpaired) electrons. The van der Waals surface area contributed by atoms with Crippen LogP contribution in [-0.2, 0) is 13.1 Å². The highest BCUT2D eigenvalue weighted by Crippen LogP contribution is 2.22. The molecule has 2 aromatic heterocycles. The number of likely N-dealkylation sites (tertiary alicyclic amines) is 1. The third-order valence-electron chi connectivity index (χ3n) is 5.35. The van der Waals surface area contributed by atoms with Gasteiger partial charge in [-0.3, -0.25) is 14.3 Å². The third kappa shape index (κ3) is 4.52. The standard InChI is InChI=1S/C21H25N5O/c27-21-9-8-20(25-15-12-22-16-25)23-26(21)17-24-13-10-19(11-14-24)7-6-18-4-2-1-3-5-18/h1-5,8-9,12,15-16,19H,6-7,10-11,13-14,17H2. The Hall–Kier alpha value is -2.73. The van der Waals surface area contributed by atoms with E-state index in [2.05, 4.69) is 45.3 Å². The van der Waals surface area contributed by atoms with Crippen LogP contribution in [0.5, 0.6) is 0 Å². The Balaban J connectivity index is 1.31. The SMILES string of the molecule is O=c1ccc(-n2ccnc2)nn1CN1CCC(CCc2ccccc2)CC1. The number of imidazole rings is 1. The lowest BCUT2D eigenvalue weighted by Gasteiger charge is -2.31. The van der Waals surface area contributed by atoms with Crippen LogP contribution in [0.4, 0.5) is 0 Å². The van der Waals surface area contributed by atoms with Gasteiger partial charge in [-0.05, 0) is 43.2 Å². The predicted octanol–water partition coefficient (Wildman–Crippen LogP) is 2.73. The van der Waals surface area contributed by atoms with Crippen molar-refractivity contribution in [3.8, 4) is 5.82 Å². The van der Waals surface area contributed by atoms with Crippen molar-refractivity contribution in [2.45, 2.75) is 32.4 Å². The second kappa shape index (κ2) is 8.31. The second-order valence-electron chi connectivity index (χ2n) is 7.23. The average molecular weight is 363 g/mol. The van der Waals surface area contributed by atoms with Gasteiger partial charge in [0.05, 0.1) is 6.67 Å². The number of aryl methyl sites for hydroxylation is 1. The summed E-state index contributed by atoms with van der Waals surface area (Å²) in [5, 5.41) is 4.49. The van der Waals surface area contributed by atoms with E-state index < -0.39 is 0 Å². The zero-order valence-corrected chi connectivity index (χ0v) is 15.4. The van der Waals surface area contributed by atoms with Crippen LogP contribution in [0.3, 0.4) is 0 Å². The lowest BCUT2D eigenvalue weighted by molar-refractivity contribution is 0.135. The molecular weight excluding hydrogens is 338 g/mol. The van der Waals surface area contributed by atoms with Crippen LogP contribution in [0.2, 0.25) is 0 Å². The molecule has 140 valence electrons. The van der Waals surface area contributed by atoms with Gasteiger partial charge in [0, 0.05) is 31.5 Å². The van der Waals surface area contributed by atoms with Crippen molar-refractivity contribution in [3.63, 3.8) is 0 Å². The Morgan fingerprint density at radius 2 is 1.85 bits per heavy atom. The van der Waals surface area contributed by atoms with E-state index in [4.69, 9.17) is 0 Å². The first kappa shape index (κ1) is 17.7. The topological polar surface area (TPSA) is 56.0 Å². The third-order valence-corrected chi connectivity index (χ3v) is 5.35. The van der Waals surface area contributed by atoms with Gasteiger partial charge in [-0.25, -0.2) is 9.67 Å². The molecule has 0 unspecified atom stereocenters. The summed E-state index contributed by atoms with van der Waals surface area (Å²) in [6, 6.07) is 14.0. The van der Waals surface area contributed by atoms with Crippen molar-refractivity contribution in [1.29, 1.82) is 0 Å². The van der Waals surface area contributed by atoms with Crippen molar-refractivity contribution in [2.24, 2.45) is 5.92 Å². The van der Waals surface area contributed by atoms with Crippen molar-refractivity contribution in [1.82, 2.24) is 24.2 Å². The van der Waals surface area contributed by atoms with Gasteiger partial charge in [0.2, 0.25) is 0 Å². The number of rotatable bonds is 6. The van der Waals surface area contributed by atoms with Crippen LogP contribution in [0.25, 0.3) is 5.82 Å². The van der Waals surface area contributed by atoms with Crippen LogP contribution in [0.1, 0.15) is 24.8 Å². The summed E-state index contributed by atoms with van der Waals surface area (Å²) in [6.45, 7) is 2.58. The molecule has 1 aliphatic heterocycles. The summed E-state index contributed by atoms with van der Waals surface area (Å²) < 4.78 is 3.37. The van der Waals surface area contributed by atoms with Crippen molar-refractivity contribution < 1.29 is 0 Å². The van der Waals surface area contributed by atoms with E-state index in [1.165, 1.54) is 24.8 Å². The maximum absolute atomic E-state index is 12.2. The molecule has 6 nitrogen and oxygen atoms in total. The first-order chi connectivity index (χ1) is 13.3. The van der Waals surface area contributed by atoms with Crippen LogP contribution >= 0.6 is 0 Å². The van der Waals surface area contributed by atoms with Gasteiger partial charge >= 0.3 is 0 Å². The van der Waals surface area contributed by atoms with Gasteiger partial charge in [0.25, 0.3) is 5.56 Å². The minimum absolute atomic E-state index is 0.0648. The fourth-order valence-corrected chi connectivity index (χ4v) is 3.69. The number of aromatic nitrogens is 4. The largest absolute Gasteiger partial charge is 0.289 e. The fraction of sp³-hybridized carbons (Fsp3) is 0.381. The molecule has 3 aromatic rings. The van der Waals surface area contributed by atoms with Crippen LogP contribution in [-0.4, -0.2) is 37.3 Å². The molecular formula is C21H25N5O. The predicted molar refractivity (Wildman–Crippen MR) is 105 cm³/mol. The zero-order valence-electron chi connectivity index (χ0n) is 15.4. The molecule has 0 bridgehead atoms. The maximum Gasteiger partial charge on any atom is 0.268 e. The van der Waals surface area contributed by atoms with Gasteiger partial charge in [-0.1, -0.05) is 30.3 Å². The normalized spacial score (nSPS) is 15.9. The highest BCUT2D eigenvalue weighted by molar-refractivity contribution is 5.19. The maximum atomic E-state index is 12.2. The molecule has 0 spiro atoms. The van der Waals surface area contributed by atoms with Gasteiger partial charge in [0.1, 0.15) is 6.33 Å². The average Bonchev–Trinajstić information content (AvgIpc) is 3.25. The highest BCUT2D eigenvalue weighted by atomic mass is 16.1. The first-order valence-electron chi connectivity index (χ1n) is 9.61. The lowest BCUT2D eigenvalue weighted by atomic mass is 9.91. The Morgan fingerprint density at radius 1 is 1.04 bits per heavy atom. The quantitative estimate of drug-likeness (QED) is 0.676. The molecule has 6 heteroatoms. The Labute approximate surface area is 159 Å². The van der Waals surface area contributed by atoms with Gasteiger partial charge in [-0.15, -0.1) is 5.10 Å². The van der Waals surface area contributed by atoms with Crippen LogP contribution in [0.15, 0.2) is 66.0 Å². The van der Waals surface area contributed by atoms with Gasteiger partial charge < -0.3 is 0 Å². The minimum atomic E-state index is -0.0648. The van der Waals surface area contributed by atoms with Crippen molar-refractivity contribution in [3.05, 3.63) is 77.1 Å². The Kier molecular flexibility index (Phi) is 5.44. The fourth-order valence-electron chi connectivity index (χ4n) is 3.69. The van der Waals surface area contributed by atoms with Crippen molar-refractivity contribution >= 4 is 0 Å². The minimum Gasteiger partial charge on any atom is -0.289 e. The molecule has 1 aliphatic rings. The smallest absolute Gasteiger partial charge is 0.268 e.